The first-order valence-corrected chi connectivity index (χ1v) is 9.66. The second-order valence-corrected chi connectivity index (χ2v) is 8.18. The predicted octanol–water partition coefficient (Wildman–Crippen LogP) is 4.23. The van der Waals surface area contributed by atoms with Gasteiger partial charge in [-0.1, -0.05) is 35.9 Å². The zero-order valence-electron chi connectivity index (χ0n) is 14.2. The fourth-order valence-electron chi connectivity index (χ4n) is 2.98. The van der Waals surface area contributed by atoms with Crippen molar-refractivity contribution in [3.05, 3.63) is 65.2 Å². The molecule has 1 aromatic heterocycles. The molecular formula is C19H19ClN2O2S. The highest BCUT2D eigenvalue weighted by Gasteiger charge is 2.15. The van der Waals surface area contributed by atoms with Gasteiger partial charge in [-0.25, -0.2) is 13.1 Å². The molecule has 0 unspecified atom stereocenters. The van der Waals surface area contributed by atoms with E-state index >= 15 is 0 Å². The minimum absolute atomic E-state index is 0.252. The van der Waals surface area contributed by atoms with Gasteiger partial charge in [0, 0.05) is 17.8 Å². The summed E-state index contributed by atoms with van der Waals surface area (Å²) in [6, 6.07) is 16.7. The van der Waals surface area contributed by atoms with Gasteiger partial charge in [0.05, 0.1) is 10.6 Å². The van der Waals surface area contributed by atoms with E-state index < -0.39 is 10.0 Å². The number of halogens is 1. The molecule has 0 bridgehead atoms. The molecule has 130 valence electrons. The van der Waals surface area contributed by atoms with Crippen molar-refractivity contribution in [1.29, 1.82) is 0 Å². The lowest BCUT2D eigenvalue weighted by Gasteiger charge is -2.10. The molecule has 0 radical (unpaired) electrons. The maximum Gasteiger partial charge on any atom is 0.240 e. The Morgan fingerprint density at radius 3 is 2.08 bits per heavy atom. The van der Waals surface area contributed by atoms with E-state index in [-0.39, 0.29) is 4.90 Å². The summed E-state index contributed by atoms with van der Waals surface area (Å²) in [6.07, 6.45) is 0. The first-order valence-electron chi connectivity index (χ1n) is 7.80. The van der Waals surface area contributed by atoms with Crippen LogP contribution in [0.5, 0.6) is 0 Å². The van der Waals surface area contributed by atoms with Crippen LogP contribution in [-0.4, -0.2) is 20.0 Å². The van der Waals surface area contributed by atoms with Gasteiger partial charge in [-0.3, -0.25) is 0 Å². The number of aryl methyl sites for hydroxylation is 1. The van der Waals surface area contributed by atoms with Crippen LogP contribution in [0.3, 0.4) is 0 Å². The Balaban J connectivity index is 2.05. The van der Waals surface area contributed by atoms with Crippen LogP contribution in [0.2, 0.25) is 5.02 Å². The van der Waals surface area contributed by atoms with Gasteiger partial charge in [0.25, 0.3) is 0 Å². The van der Waals surface area contributed by atoms with Crippen molar-refractivity contribution >= 4 is 21.6 Å². The van der Waals surface area contributed by atoms with E-state index in [0.717, 1.165) is 28.1 Å². The van der Waals surface area contributed by atoms with Crippen LogP contribution in [0.1, 0.15) is 5.56 Å². The van der Waals surface area contributed by atoms with E-state index in [9.17, 15) is 8.42 Å². The first-order chi connectivity index (χ1) is 11.8. The van der Waals surface area contributed by atoms with Gasteiger partial charge in [-0.15, -0.1) is 0 Å². The summed E-state index contributed by atoms with van der Waals surface area (Å²) in [5.41, 5.74) is 5.33. The van der Waals surface area contributed by atoms with E-state index in [2.05, 4.69) is 22.3 Å². The number of hydrogen-bond acceptors (Lipinski definition) is 2. The predicted molar refractivity (Wildman–Crippen MR) is 102 cm³/mol. The van der Waals surface area contributed by atoms with Crippen LogP contribution in [-0.2, 0) is 17.1 Å². The SMILES string of the molecule is CNS(=O)(=O)c1ccc(-c2cc(C)c(-c3ccc(Cl)cc3)n2C)cc1. The van der Waals surface area contributed by atoms with Crippen molar-refractivity contribution in [2.24, 2.45) is 7.05 Å². The van der Waals surface area contributed by atoms with Gasteiger partial charge in [0.2, 0.25) is 10.0 Å². The Hall–Kier alpha value is -2.08. The minimum atomic E-state index is -3.43. The van der Waals surface area contributed by atoms with Crippen LogP contribution in [0.4, 0.5) is 0 Å². The highest BCUT2D eigenvalue weighted by atomic mass is 35.5. The molecular weight excluding hydrogens is 356 g/mol. The summed E-state index contributed by atoms with van der Waals surface area (Å²) in [5, 5.41) is 0.706. The van der Waals surface area contributed by atoms with Crippen molar-refractivity contribution in [3.8, 4) is 22.5 Å². The lowest BCUT2D eigenvalue weighted by molar-refractivity contribution is 0.588. The molecule has 6 heteroatoms. The topological polar surface area (TPSA) is 51.1 Å². The van der Waals surface area contributed by atoms with Gasteiger partial charge in [-0.05, 0) is 61.0 Å². The third-order valence-corrected chi connectivity index (χ3v) is 5.95. The van der Waals surface area contributed by atoms with E-state index in [1.807, 2.05) is 43.4 Å². The second-order valence-electron chi connectivity index (χ2n) is 5.86. The molecule has 3 aromatic rings. The van der Waals surface area contributed by atoms with E-state index in [0.29, 0.717) is 5.02 Å². The van der Waals surface area contributed by atoms with Crippen LogP contribution in [0, 0.1) is 6.92 Å². The molecule has 0 amide bonds. The average Bonchev–Trinajstić information content (AvgIpc) is 2.90. The molecule has 4 nitrogen and oxygen atoms in total. The van der Waals surface area contributed by atoms with Gasteiger partial charge in [-0.2, -0.15) is 0 Å². The molecule has 1 N–H and O–H groups in total. The lowest BCUT2D eigenvalue weighted by Crippen LogP contribution is -2.18. The standard InChI is InChI=1S/C19H19ClN2O2S/c1-13-12-18(14-6-10-17(11-7-14)25(23,24)21-2)22(3)19(13)15-4-8-16(20)9-5-15/h4-12,21H,1-3H3. The van der Waals surface area contributed by atoms with Gasteiger partial charge in [0.15, 0.2) is 0 Å². The molecule has 0 spiro atoms. The summed E-state index contributed by atoms with van der Waals surface area (Å²) in [6.45, 7) is 2.06. The number of benzene rings is 2. The molecule has 3 rings (SSSR count). The number of nitrogens with one attached hydrogen (secondary N) is 1. The van der Waals surface area contributed by atoms with Crippen LogP contribution in [0.25, 0.3) is 22.5 Å². The molecule has 0 atom stereocenters. The van der Waals surface area contributed by atoms with E-state index in [1.54, 1.807) is 12.1 Å². The Kier molecular flexibility index (Phi) is 4.73. The highest BCUT2D eigenvalue weighted by Crippen LogP contribution is 2.32. The van der Waals surface area contributed by atoms with Crippen LogP contribution < -0.4 is 4.72 Å². The Bertz CT molecular complexity index is 1000. The smallest absolute Gasteiger partial charge is 0.240 e. The molecule has 2 aromatic carbocycles. The number of hydrogen-bond donors (Lipinski definition) is 1. The number of rotatable bonds is 4. The molecule has 0 aliphatic heterocycles. The van der Waals surface area contributed by atoms with Crippen molar-refractivity contribution in [2.75, 3.05) is 7.05 Å². The molecule has 0 saturated heterocycles. The number of aromatic nitrogens is 1. The zero-order chi connectivity index (χ0) is 18.2. The molecule has 25 heavy (non-hydrogen) atoms. The monoisotopic (exact) mass is 374 g/mol. The summed E-state index contributed by atoms with van der Waals surface area (Å²) in [7, 11) is -0.0171. The molecule has 0 fully saturated rings. The van der Waals surface area contributed by atoms with Crippen molar-refractivity contribution in [2.45, 2.75) is 11.8 Å². The van der Waals surface area contributed by atoms with E-state index in [4.69, 9.17) is 11.6 Å². The summed E-state index contributed by atoms with van der Waals surface area (Å²) in [4.78, 5) is 0.252. The summed E-state index contributed by atoms with van der Waals surface area (Å²) in [5.74, 6) is 0. The number of sulfonamides is 1. The van der Waals surface area contributed by atoms with Crippen molar-refractivity contribution in [3.63, 3.8) is 0 Å². The summed E-state index contributed by atoms with van der Waals surface area (Å²) >= 11 is 5.98. The third kappa shape index (κ3) is 3.35. The highest BCUT2D eigenvalue weighted by molar-refractivity contribution is 7.89. The van der Waals surface area contributed by atoms with Gasteiger partial charge in [0.1, 0.15) is 0 Å². The zero-order valence-corrected chi connectivity index (χ0v) is 15.8. The van der Waals surface area contributed by atoms with Crippen LogP contribution in [0.15, 0.2) is 59.5 Å². The van der Waals surface area contributed by atoms with Crippen molar-refractivity contribution < 1.29 is 8.42 Å². The Labute approximate surface area is 153 Å². The fourth-order valence-corrected chi connectivity index (χ4v) is 3.84. The van der Waals surface area contributed by atoms with Gasteiger partial charge >= 0.3 is 0 Å². The van der Waals surface area contributed by atoms with Crippen molar-refractivity contribution in [1.82, 2.24) is 9.29 Å². The van der Waals surface area contributed by atoms with E-state index in [1.165, 1.54) is 7.05 Å². The maximum absolute atomic E-state index is 11.9. The Morgan fingerprint density at radius 1 is 0.960 bits per heavy atom. The van der Waals surface area contributed by atoms with Crippen LogP contribution >= 0.6 is 11.6 Å². The average molecular weight is 375 g/mol. The molecule has 0 saturated carbocycles. The quantitative estimate of drug-likeness (QED) is 0.743. The minimum Gasteiger partial charge on any atom is -0.343 e. The third-order valence-electron chi connectivity index (χ3n) is 4.27. The molecule has 0 aliphatic carbocycles. The molecule has 1 heterocycles. The Morgan fingerprint density at radius 2 is 1.52 bits per heavy atom. The molecule has 0 aliphatic rings. The normalized spacial score (nSPS) is 11.7. The second kappa shape index (κ2) is 6.67. The maximum atomic E-state index is 11.9. The fraction of sp³-hybridized carbons (Fsp3) is 0.158. The first kappa shape index (κ1) is 17.7. The summed E-state index contributed by atoms with van der Waals surface area (Å²) < 4.78 is 28.2. The largest absolute Gasteiger partial charge is 0.343 e. The number of nitrogens with zero attached hydrogens (tertiary/aromatic N) is 1. The lowest BCUT2D eigenvalue weighted by atomic mass is 10.1. The van der Waals surface area contributed by atoms with Gasteiger partial charge < -0.3 is 4.57 Å².